The predicted octanol–water partition coefficient (Wildman–Crippen LogP) is 3.71. The quantitative estimate of drug-likeness (QED) is 0.420. The Morgan fingerprint density at radius 1 is 1.03 bits per heavy atom. The second-order valence-corrected chi connectivity index (χ2v) is 8.14. The Labute approximate surface area is 200 Å². The molecule has 0 bridgehead atoms. The predicted molar refractivity (Wildman–Crippen MR) is 127 cm³/mol. The van der Waals surface area contributed by atoms with Crippen molar-refractivity contribution in [2.45, 2.75) is 13.0 Å². The van der Waals surface area contributed by atoms with E-state index >= 15 is 0 Å². The molecule has 0 saturated carbocycles. The number of aromatic nitrogens is 2. The Hall–Kier alpha value is -4.66. The average molecular weight is 471 g/mol. The molecule has 2 aliphatic heterocycles. The Bertz CT molecular complexity index is 1510. The highest BCUT2D eigenvalue weighted by Crippen LogP contribution is 2.42. The molecule has 176 valence electrons. The molecule has 35 heavy (non-hydrogen) atoms. The number of nitrogens with one attached hydrogen (secondary N) is 1. The van der Waals surface area contributed by atoms with Gasteiger partial charge in [0.1, 0.15) is 6.54 Å². The molecule has 1 amide bonds. The molecule has 3 aromatic carbocycles. The maximum absolute atomic E-state index is 13.5. The van der Waals surface area contributed by atoms with Gasteiger partial charge in [-0.1, -0.05) is 30.3 Å². The van der Waals surface area contributed by atoms with Gasteiger partial charge in [0.15, 0.2) is 23.0 Å². The summed E-state index contributed by atoms with van der Waals surface area (Å²) in [6, 6.07) is 19.9. The van der Waals surface area contributed by atoms with Crippen molar-refractivity contribution in [3.8, 4) is 34.6 Å². The molecule has 6 rings (SSSR count). The second kappa shape index (κ2) is 8.28. The number of hydrogen-bond acceptors (Lipinski definition) is 6. The molecule has 1 aromatic heterocycles. The van der Waals surface area contributed by atoms with Gasteiger partial charge in [0, 0.05) is 23.7 Å². The number of fused-ring (bicyclic) bond motifs is 3. The lowest BCUT2D eigenvalue weighted by molar-refractivity contribution is -0.117. The topological polar surface area (TPSA) is 93.0 Å². The lowest BCUT2D eigenvalue weighted by Crippen LogP contribution is -2.27. The van der Waals surface area contributed by atoms with E-state index in [4.69, 9.17) is 18.9 Å². The molecule has 9 nitrogen and oxygen atoms in total. The fraction of sp³-hybridized carbons (Fsp3) is 0.154. The first-order chi connectivity index (χ1) is 17.1. The molecule has 2 aliphatic rings. The number of carbonyl (C=O) groups excluding carboxylic acids is 1. The summed E-state index contributed by atoms with van der Waals surface area (Å²) in [6.07, 6.45) is 0.365. The van der Waals surface area contributed by atoms with Crippen LogP contribution in [0.1, 0.15) is 11.1 Å². The van der Waals surface area contributed by atoms with Crippen molar-refractivity contribution in [2.75, 3.05) is 19.2 Å². The number of methoxy groups -OCH3 is 1. The highest BCUT2D eigenvalue weighted by atomic mass is 16.7. The Kier molecular flexibility index (Phi) is 4.95. The van der Waals surface area contributed by atoms with Gasteiger partial charge in [-0.2, -0.15) is 0 Å². The van der Waals surface area contributed by atoms with E-state index in [1.54, 1.807) is 36.1 Å². The zero-order valence-electron chi connectivity index (χ0n) is 18.8. The van der Waals surface area contributed by atoms with Crippen LogP contribution in [0.2, 0.25) is 0 Å². The van der Waals surface area contributed by atoms with Gasteiger partial charge in [0.25, 0.3) is 5.56 Å². The summed E-state index contributed by atoms with van der Waals surface area (Å²) >= 11 is 0. The van der Waals surface area contributed by atoms with Gasteiger partial charge in [-0.05, 0) is 30.3 Å². The van der Waals surface area contributed by atoms with Crippen LogP contribution in [0.5, 0.6) is 28.9 Å². The minimum atomic E-state index is -0.333. The van der Waals surface area contributed by atoms with Gasteiger partial charge in [-0.15, -0.1) is 0 Å². The Morgan fingerprint density at radius 3 is 2.69 bits per heavy atom. The molecule has 0 fully saturated rings. The monoisotopic (exact) mass is 471 g/mol. The zero-order valence-corrected chi connectivity index (χ0v) is 18.8. The van der Waals surface area contributed by atoms with Gasteiger partial charge >= 0.3 is 0 Å². The number of anilines is 1. The fourth-order valence-corrected chi connectivity index (χ4v) is 4.38. The number of rotatable bonds is 5. The highest BCUT2D eigenvalue weighted by molar-refractivity contribution is 5.91. The molecule has 0 saturated heterocycles. The summed E-state index contributed by atoms with van der Waals surface area (Å²) in [6.45, 7) is -0.00768. The maximum Gasteiger partial charge on any atom is 0.278 e. The number of ether oxygens (including phenoxy) is 4. The van der Waals surface area contributed by atoms with Crippen LogP contribution in [0.3, 0.4) is 0 Å². The summed E-state index contributed by atoms with van der Waals surface area (Å²) in [5, 5.41) is 2.87. The average Bonchev–Trinajstić information content (AvgIpc) is 3.45. The first-order valence-electron chi connectivity index (χ1n) is 11.1. The lowest BCUT2D eigenvalue weighted by atomic mass is 10.0. The number of nitrogens with zero attached hydrogens (tertiary/aromatic N) is 2. The van der Waals surface area contributed by atoms with E-state index in [1.807, 2.05) is 42.5 Å². The van der Waals surface area contributed by atoms with Crippen molar-refractivity contribution >= 4 is 11.6 Å². The molecule has 0 spiro atoms. The van der Waals surface area contributed by atoms with E-state index in [0.717, 1.165) is 5.56 Å². The molecular formula is C26H21N3O6. The summed E-state index contributed by atoms with van der Waals surface area (Å²) in [5.41, 5.74) is 2.27. The third-order valence-electron chi connectivity index (χ3n) is 5.98. The van der Waals surface area contributed by atoms with Crippen molar-refractivity contribution in [3.63, 3.8) is 0 Å². The van der Waals surface area contributed by atoms with Crippen LogP contribution >= 0.6 is 0 Å². The van der Waals surface area contributed by atoms with E-state index in [9.17, 15) is 9.59 Å². The number of amides is 1. The van der Waals surface area contributed by atoms with Crippen molar-refractivity contribution in [1.29, 1.82) is 0 Å². The molecular weight excluding hydrogens is 450 g/mol. The number of benzene rings is 3. The van der Waals surface area contributed by atoms with Gasteiger partial charge in [0.05, 0.1) is 18.4 Å². The smallest absolute Gasteiger partial charge is 0.278 e. The molecule has 9 heteroatoms. The molecule has 0 aliphatic carbocycles. The minimum absolute atomic E-state index is 0.147. The summed E-state index contributed by atoms with van der Waals surface area (Å²) in [4.78, 5) is 26.7. The van der Waals surface area contributed by atoms with Gasteiger partial charge in [-0.3, -0.25) is 9.59 Å². The van der Waals surface area contributed by atoms with Gasteiger partial charge < -0.3 is 24.3 Å². The van der Waals surface area contributed by atoms with E-state index < -0.39 is 0 Å². The maximum atomic E-state index is 13.5. The first-order valence-corrected chi connectivity index (χ1v) is 11.1. The van der Waals surface area contributed by atoms with Crippen molar-refractivity contribution < 1.29 is 23.7 Å². The first kappa shape index (κ1) is 20.9. The number of hydrogen-bond donors (Lipinski definition) is 1. The van der Waals surface area contributed by atoms with E-state index in [2.05, 4.69) is 5.32 Å². The SMILES string of the molecule is COc1cccc2c1Oc1c(c(=O)n(-c3ccccc3)n1CC(=O)Nc1ccc3c(c1)OCO3)C2. The van der Waals surface area contributed by atoms with Crippen LogP contribution in [0.4, 0.5) is 5.69 Å². The third kappa shape index (κ3) is 3.57. The summed E-state index contributed by atoms with van der Waals surface area (Å²) < 4.78 is 25.4. The van der Waals surface area contributed by atoms with Gasteiger partial charge in [-0.25, -0.2) is 9.36 Å². The van der Waals surface area contributed by atoms with E-state index in [1.165, 1.54) is 4.68 Å². The van der Waals surface area contributed by atoms with Gasteiger partial charge in [0.2, 0.25) is 18.6 Å². The van der Waals surface area contributed by atoms with Crippen LogP contribution in [0, 0.1) is 0 Å². The van der Waals surface area contributed by atoms with Crippen LogP contribution in [-0.2, 0) is 17.8 Å². The Balaban J connectivity index is 1.40. The summed E-state index contributed by atoms with van der Waals surface area (Å²) in [7, 11) is 1.57. The van der Waals surface area contributed by atoms with Crippen LogP contribution in [0.15, 0.2) is 71.5 Å². The lowest BCUT2D eigenvalue weighted by Gasteiger charge is -2.21. The van der Waals surface area contributed by atoms with Crippen molar-refractivity contribution in [1.82, 2.24) is 9.36 Å². The van der Waals surface area contributed by atoms with Crippen LogP contribution in [0.25, 0.3) is 5.69 Å². The largest absolute Gasteiger partial charge is 0.493 e. The standard InChI is InChI=1S/C26H21N3O6/c1-32-21-9-5-6-16-12-19-25(31)29(18-7-3-2-4-8-18)28(26(19)35-24(16)21)14-23(30)27-17-10-11-20-22(13-17)34-15-33-20/h2-11,13H,12,14-15H2,1H3,(H,27,30). The second-order valence-electron chi connectivity index (χ2n) is 8.14. The number of para-hydroxylation sites is 2. The van der Waals surface area contributed by atoms with Crippen LogP contribution < -0.4 is 29.8 Å². The van der Waals surface area contributed by atoms with Crippen LogP contribution in [-0.4, -0.2) is 29.2 Å². The van der Waals surface area contributed by atoms with E-state index in [0.29, 0.717) is 52.2 Å². The van der Waals surface area contributed by atoms with Crippen molar-refractivity contribution in [3.05, 3.63) is 88.2 Å². The highest BCUT2D eigenvalue weighted by Gasteiger charge is 2.30. The number of carbonyl (C=O) groups is 1. The molecule has 1 N–H and O–H groups in total. The zero-order chi connectivity index (χ0) is 23.9. The van der Waals surface area contributed by atoms with Crippen molar-refractivity contribution in [2.24, 2.45) is 0 Å². The Morgan fingerprint density at radius 2 is 1.86 bits per heavy atom. The molecule has 4 aromatic rings. The normalized spacial score (nSPS) is 12.9. The molecule has 3 heterocycles. The molecule has 0 unspecified atom stereocenters. The fourth-order valence-electron chi connectivity index (χ4n) is 4.38. The molecule has 0 radical (unpaired) electrons. The summed E-state index contributed by atoms with van der Waals surface area (Å²) in [5.74, 6) is 2.27. The third-order valence-corrected chi connectivity index (χ3v) is 5.98. The minimum Gasteiger partial charge on any atom is -0.493 e. The van der Waals surface area contributed by atoms with E-state index in [-0.39, 0.29) is 24.8 Å². The molecule has 0 atom stereocenters.